The molecule has 152 valence electrons. The molecule has 2 aromatic carbocycles. The monoisotopic (exact) mass is 431 g/mol. The SMILES string of the molecule is CCOC(=O)c1c(C(C)C)nc2c(OC)cc(Cl)cc2c1Cc1ccccc1Cl. The topological polar surface area (TPSA) is 48.4 Å². The molecule has 0 atom stereocenters. The molecular formula is C23H23Cl2NO3. The maximum absolute atomic E-state index is 13.0. The molecule has 3 aromatic rings. The molecule has 3 rings (SSSR count). The largest absolute Gasteiger partial charge is 0.494 e. The predicted molar refractivity (Wildman–Crippen MR) is 118 cm³/mol. The molecule has 0 aliphatic heterocycles. The van der Waals surface area contributed by atoms with E-state index in [0.717, 1.165) is 16.5 Å². The van der Waals surface area contributed by atoms with E-state index < -0.39 is 5.97 Å². The summed E-state index contributed by atoms with van der Waals surface area (Å²) in [4.78, 5) is 17.8. The molecule has 0 N–H and O–H groups in total. The summed E-state index contributed by atoms with van der Waals surface area (Å²) in [6.45, 7) is 6.06. The van der Waals surface area contributed by atoms with Crippen LogP contribution in [0, 0.1) is 0 Å². The highest BCUT2D eigenvalue weighted by molar-refractivity contribution is 6.32. The number of aromatic nitrogens is 1. The summed E-state index contributed by atoms with van der Waals surface area (Å²) in [5.74, 6) is 0.168. The highest BCUT2D eigenvalue weighted by Crippen LogP contribution is 2.37. The summed E-state index contributed by atoms with van der Waals surface area (Å²) in [5, 5.41) is 1.89. The number of ether oxygens (including phenoxy) is 2. The van der Waals surface area contributed by atoms with Gasteiger partial charge in [-0.15, -0.1) is 0 Å². The van der Waals surface area contributed by atoms with Gasteiger partial charge in [0.1, 0.15) is 11.3 Å². The number of nitrogens with zero attached hydrogens (tertiary/aromatic N) is 1. The number of pyridine rings is 1. The molecule has 0 radical (unpaired) electrons. The lowest BCUT2D eigenvalue weighted by molar-refractivity contribution is 0.0523. The van der Waals surface area contributed by atoms with Crippen LogP contribution in [-0.2, 0) is 11.2 Å². The van der Waals surface area contributed by atoms with Crippen LogP contribution in [0.5, 0.6) is 5.75 Å². The van der Waals surface area contributed by atoms with Gasteiger partial charge >= 0.3 is 5.97 Å². The van der Waals surface area contributed by atoms with Gasteiger partial charge in [0, 0.05) is 27.9 Å². The van der Waals surface area contributed by atoms with E-state index in [0.29, 0.717) is 39.0 Å². The number of hydrogen-bond donors (Lipinski definition) is 0. The second kappa shape index (κ2) is 9.02. The molecule has 0 amide bonds. The zero-order valence-corrected chi connectivity index (χ0v) is 18.4. The summed E-state index contributed by atoms with van der Waals surface area (Å²) in [6, 6.07) is 11.1. The first-order valence-corrected chi connectivity index (χ1v) is 10.2. The fraction of sp³-hybridized carbons (Fsp3) is 0.304. The summed E-state index contributed by atoms with van der Waals surface area (Å²) in [6.07, 6.45) is 0.441. The molecule has 0 aliphatic carbocycles. The van der Waals surface area contributed by atoms with Crippen LogP contribution in [0.4, 0.5) is 0 Å². The van der Waals surface area contributed by atoms with Gasteiger partial charge in [0.05, 0.1) is 25.0 Å². The van der Waals surface area contributed by atoms with Gasteiger partial charge in [0.15, 0.2) is 0 Å². The fourth-order valence-corrected chi connectivity index (χ4v) is 3.82. The highest BCUT2D eigenvalue weighted by Gasteiger charge is 2.26. The lowest BCUT2D eigenvalue weighted by Gasteiger charge is -2.20. The Hall–Kier alpha value is -2.30. The number of methoxy groups -OCH3 is 1. The molecule has 4 nitrogen and oxygen atoms in total. The van der Waals surface area contributed by atoms with E-state index in [1.165, 1.54) is 0 Å². The van der Waals surface area contributed by atoms with Crippen molar-refractivity contribution in [2.75, 3.05) is 13.7 Å². The number of carbonyl (C=O) groups excluding carboxylic acids is 1. The molecule has 0 saturated carbocycles. The Bertz CT molecular complexity index is 1060. The Morgan fingerprint density at radius 1 is 1.17 bits per heavy atom. The molecule has 1 aromatic heterocycles. The quantitative estimate of drug-likeness (QED) is 0.421. The number of hydrogen-bond acceptors (Lipinski definition) is 4. The van der Waals surface area contributed by atoms with Gasteiger partial charge in [-0.1, -0.05) is 55.2 Å². The third kappa shape index (κ3) is 4.34. The second-order valence-electron chi connectivity index (χ2n) is 7.00. The average molecular weight is 432 g/mol. The Labute approximate surface area is 180 Å². The zero-order chi connectivity index (χ0) is 21.1. The van der Waals surface area contributed by atoms with Crippen molar-refractivity contribution < 1.29 is 14.3 Å². The zero-order valence-electron chi connectivity index (χ0n) is 16.9. The van der Waals surface area contributed by atoms with Crippen LogP contribution in [0.25, 0.3) is 10.9 Å². The minimum atomic E-state index is -0.397. The minimum absolute atomic E-state index is 0.00388. The molecule has 0 fully saturated rings. The lowest BCUT2D eigenvalue weighted by atomic mass is 9.91. The van der Waals surface area contributed by atoms with Crippen LogP contribution in [0.2, 0.25) is 10.0 Å². The van der Waals surface area contributed by atoms with Crippen molar-refractivity contribution in [2.45, 2.75) is 33.1 Å². The third-order valence-corrected chi connectivity index (χ3v) is 5.31. The van der Waals surface area contributed by atoms with E-state index in [2.05, 4.69) is 0 Å². The summed E-state index contributed by atoms with van der Waals surface area (Å²) in [7, 11) is 1.58. The van der Waals surface area contributed by atoms with Crippen molar-refractivity contribution in [2.24, 2.45) is 0 Å². The smallest absolute Gasteiger partial charge is 0.340 e. The van der Waals surface area contributed by atoms with Crippen LogP contribution < -0.4 is 4.74 Å². The number of benzene rings is 2. The van der Waals surface area contributed by atoms with Crippen LogP contribution in [-0.4, -0.2) is 24.7 Å². The maximum Gasteiger partial charge on any atom is 0.340 e. The van der Waals surface area contributed by atoms with Crippen molar-refractivity contribution in [1.82, 2.24) is 4.98 Å². The Balaban J connectivity index is 2.41. The molecule has 0 saturated heterocycles. The van der Waals surface area contributed by atoms with Crippen molar-refractivity contribution >= 4 is 40.1 Å². The summed E-state index contributed by atoms with van der Waals surface area (Å²) in [5.41, 5.74) is 3.49. The molecule has 1 heterocycles. The lowest BCUT2D eigenvalue weighted by Crippen LogP contribution is -2.15. The molecular weight excluding hydrogens is 409 g/mol. The van der Waals surface area contributed by atoms with Gasteiger partial charge in [-0.25, -0.2) is 9.78 Å². The molecule has 6 heteroatoms. The van der Waals surface area contributed by atoms with Crippen molar-refractivity contribution in [3.8, 4) is 5.75 Å². The van der Waals surface area contributed by atoms with Crippen LogP contribution >= 0.6 is 23.2 Å². The van der Waals surface area contributed by atoms with Gasteiger partial charge in [-0.05, 0) is 36.1 Å². The Kier molecular flexibility index (Phi) is 6.66. The van der Waals surface area contributed by atoms with Crippen molar-refractivity contribution in [3.63, 3.8) is 0 Å². The van der Waals surface area contributed by atoms with Crippen LogP contribution in [0.15, 0.2) is 36.4 Å². The van der Waals surface area contributed by atoms with Gasteiger partial charge in [-0.2, -0.15) is 0 Å². The molecule has 0 spiro atoms. The normalized spacial score (nSPS) is 11.1. The number of carbonyl (C=O) groups is 1. The number of rotatable bonds is 6. The highest BCUT2D eigenvalue weighted by atomic mass is 35.5. The first-order chi connectivity index (χ1) is 13.9. The van der Waals surface area contributed by atoms with Gasteiger partial charge in [0.2, 0.25) is 0 Å². The van der Waals surface area contributed by atoms with E-state index >= 15 is 0 Å². The van der Waals surface area contributed by atoms with Crippen LogP contribution in [0.3, 0.4) is 0 Å². The number of halogens is 2. The Morgan fingerprint density at radius 2 is 1.90 bits per heavy atom. The van der Waals surface area contributed by atoms with E-state index in [9.17, 15) is 4.79 Å². The van der Waals surface area contributed by atoms with E-state index in [1.807, 2.05) is 44.2 Å². The summed E-state index contributed by atoms with van der Waals surface area (Å²) < 4.78 is 10.9. The fourth-order valence-electron chi connectivity index (χ4n) is 3.41. The van der Waals surface area contributed by atoms with Crippen LogP contribution in [0.1, 0.15) is 53.9 Å². The number of esters is 1. The maximum atomic E-state index is 13.0. The summed E-state index contributed by atoms with van der Waals surface area (Å²) >= 11 is 12.8. The standard InChI is InChI=1S/C23H23Cl2NO3/c1-5-29-23(27)20-16(10-14-8-6-7-9-18(14)25)17-11-15(24)12-19(28-4)22(17)26-21(20)13(2)3/h6-9,11-13H,5,10H2,1-4H3. The molecule has 0 bridgehead atoms. The minimum Gasteiger partial charge on any atom is -0.494 e. The first kappa shape index (κ1) is 21.4. The average Bonchev–Trinajstić information content (AvgIpc) is 2.68. The van der Waals surface area contributed by atoms with E-state index in [4.69, 9.17) is 37.7 Å². The Morgan fingerprint density at radius 3 is 2.52 bits per heavy atom. The molecule has 29 heavy (non-hydrogen) atoms. The van der Waals surface area contributed by atoms with Gasteiger partial charge in [-0.3, -0.25) is 0 Å². The van der Waals surface area contributed by atoms with Crippen molar-refractivity contribution in [3.05, 3.63) is 68.8 Å². The molecule has 0 unspecified atom stereocenters. The van der Waals surface area contributed by atoms with Crippen molar-refractivity contribution in [1.29, 1.82) is 0 Å². The molecule has 0 aliphatic rings. The first-order valence-electron chi connectivity index (χ1n) is 9.47. The van der Waals surface area contributed by atoms with E-state index in [-0.39, 0.29) is 12.5 Å². The van der Waals surface area contributed by atoms with Gasteiger partial charge in [0.25, 0.3) is 0 Å². The second-order valence-corrected chi connectivity index (χ2v) is 7.84. The predicted octanol–water partition coefficient (Wildman–Crippen LogP) is 6.44. The third-order valence-electron chi connectivity index (χ3n) is 4.73. The van der Waals surface area contributed by atoms with Gasteiger partial charge < -0.3 is 9.47 Å². The number of fused-ring (bicyclic) bond motifs is 1. The van der Waals surface area contributed by atoms with E-state index in [1.54, 1.807) is 20.1 Å².